The van der Waals surface area contributed by atoms with Crippen LogP contribution in [0.2, 0.25) is 0 Å². The molecule has 0 spiro atoms. The Morgan fingerprint density at radius 1 is 0.546 bits per heavy atom. The van der Waals surface area contributed by atoms with Gasteiger partial charge in [-0.1, -0.05) is 42.5 Å². The number of ether oxygens (including phenoxy) is 6. The zero-order chi connectivity index (χ0) is 71.6. The summed E-state index contributed by atoms with van der Waals surface area (Å²) in [6.45, 7) is 26.2. The number of para-hydroxylation sites is 2. The van der Waals surface area contributed by atoms with Gasteiger partial charge in [-0.2, -0.15) is 0 Å². The van der Waals surface area contributed by atoms with Crippen LogP contribution in [-0.2, 0) is 25.5 Å². The largest absolute Gasteiger partial charge is 0.494 e. The van der Waals surface area contributed by atoms with Crippen LogP contribution in [0, 0.1) is 20.2 Å². The Labute approximate surface area is 563 Å². The number of carbonyl (C=O) groups excluding carboxylic acids is 4. The van der Waals surface area contributed by atoms with E-state index in [-0.39, 0.29) is 83.7 Å². The highest BCUT2D eigenvalue weighted by Crippen LogP contribution is 2.45. The van der Waals surface area contributed by atoms with Gasteiger partial charge in [-0.25, -0.2) is 48.9 Å². The molecule has 516 valence electrons. The number of likely N-dealkylation sites (N-methyl/N-ethyl adjacent to an activating group) is 4. The quantitative estimate of drug-likeness (QED) is 0.0321. The number of anilines is 6. The molecule has 4 aromatic carbocycles. The normalized spacial score (nSPS) is 11.6. The lowest BCUT2D eigenvalue weighted by atomic mass is 10.1. The van der Waals surface area contributed by atoms with Crippen LogP contribution >= 0.6 is 0 Å². The van der Waals surface area contributed by atoms with Crippen molar-refractivity contribution in [3.8, 4) is 34.0 Å². The van der Waals surface area contributed by atoms with E-state index < -0.39 is 56.6 Å². The third-order valence-electron chi connectivity index (χ3n) is 14.3. The summed E-state index contributed by atoms with van der Waals surface area (Å²) in [5, 5.41) is 26.8. The van der Waals surface area contributed by atoms with Gasteiger partial charge in [0.1, 0.15) is 56.7 Å². The van der Waals surface area contributed by atoms with Crippen molar-refractivity contribution in [1.82, 2.24) is 39.3 Å². The lowest BCUT2D eigenvalue weighted by Crippen LogP contribution is -2.38. The third kappa shape index (κ3) is 18.7. The van der Waals surface area contributed by atoms with Crippen LogP contribution in [0.1, 0.15) is 83.1 Å². The van der Waals surface area contributed by atoms with Gasteiger partial charge in [0, 0.05) is 143 Å². The van der Waals surface area contributed by atoms with E-state index in [2.05, 4.69) is 21.5 Å². The predicted octanol–water partition coefficient (Wildman–Crippen LogP) is 14.5. The fourth-order valence-electron chi connectivity index (χ4n) is 9.80. The second-order valence-electron chi connectivity index (χ2n) is 26.6. The SMILES string of the molecule is C=CCn1cc(-c2ccnc(N(C(=O)OC(C)(C)C)c3cc([N+](=O)[O-])c(N(C)CCN(C)C(=O)OC(C)(C)C)cc3OC)n2)c2ccccc21.COc1cc(N(C)CCN(C)C(=O)OC(C)(C)C)c([N+](=O)[O-])cc1N(C(=O)OC(C)(C)C)c1nccc(-c2c[nH]c3ccccc23)n1. The highest BCUT2D eigenvalue weighted by atomic mass is 16.6. The van der Waals surface area contributed by atoms with Gasteiger partial charge < -0.3 is 57.6 Å². The first kappa shape index (κ1) is 73.4. The van der Waals surface area contributed by atoms with Crippen LogP contribution in [0.4, 0.5) is 65.2 Å². The summed E-state index contributed by atoms with van der Waals surface area (Å²) in [6, 6.07) is 24.4. The lowest BCUT2D eigenvalue weighted by molar-refractivity contribution is -0.384. The van der Waals surface area contributed by atoms with Gasteiger partial charge in [0.05, 0.1) is 35.5 Å². The zero-order valence-electron chi connectivity index (χ0n) is 58.2. The predicted molar refractivity (Wildman–Crippen MR) is 373 cm³/mol. The number of hydrogen-bond acceptors (Lipinski definition) is 20. The summed E-state index contributed by atoms with van der Waals surface area (Å²) in [7, 11) is 9.27. The molecule has 0 aliphatic rings. The smallest absolute Gasteiger partial charge is 0.422 e. The Hall–Kier alpha value is -11.1. The molecule has 4 aromatic heterocycles. The summed E-state index contributed by atoms with van der Waals surface area (Å²) in [5.41, 5.74) is 1.07. The number of aromatic nitrogens is 6. The van der Waals surface area contributed by atoms with Crippen molar-refractivity contribution < 1.29 is 57.4 Å². The number of fused-ring (bicyclic) bond motifs is 2. The van der Waals surface area contributed by atoms with Crippen LogP contribution in [0.25, 0.3) is 44.3 Å². The minimum atomic E-state index is -0.926. The molecule has 8 aromatic rings. The van der Waals surface area contributed by atoms with Crippen LogP contribution in [0.5, 0.6) is 11.5 Å². The highest BCUT2D eigenvalue weighted by Gasteiger charge is 2.36. The Balaban J connectivity index is 0.000000274. The maximum atomic E-state index is 13.9. The molecule has 8 rings (SSSR count). The number of methoxy groups -OCH3 is 2. The van der Waals surface area contributed by atoms with Crippen molar-refractivity contribution in [1.29, 1.82) is 0 Å². The van der Waals surface area contributed by atoms with Gasteiger partial charge >= 0.3 is 24.4 Å². The average molecular weight is 1340 g/mol. The van der Waals surface area contributed by atoms with Crippen molar-refractivity contribution >= 4 is 92.2 Å². The maximum absolute atomic E-state index is 13.9. The molecule has 28 nitrogen and oxygen atoms in total. The molecule has 4 amide bonds. The highest BCUT2D eigenvalue weighted by molar-refractivity contribution is 6.01. The first-order chi connectivity index (χ1) is 45.4. The minimum absolute atomic E-state index is 0.00251. The molecule has 0 radical (unpaired) electrons. The Kier molecular flexibility index (Phi) is 22.8. The average Bonchev–Trinajstić information content (AvgIpc) is 1.02. The Morgan fingerprint density at radius 3 is 1.36 bits per heavy atom. The number of nitrogens with one attached hydrogen (secondary N) is 1. The molecule has 0 saturated heterocycles. The van der Waals surface area contributed by atoms with Crippen LogP contribution in [0.15, 0.2) is 122 Å². The summed E-state index contributed by atoms with van der Waals surface area (Å²) in [5.74, 6) is 0.102. The second-order valence-corrected chi connectivity index (χ2v) is 26.6. The third-order valence-corrected chi connectivity index (χ3v) is 14.3. The summed E-state index contributed by atoms with van der Waals surface area (Å²) in [4.78, 5) is 106. The molecule has 0 bridgehead atoms. The van der Waals surface area contributed by atoms with Crippen molar-refractivity contribution in [3.63, 3.8) is 0 Å². The summed E-state index contributed by atoms with van der Waals surface area (Å²) < 4.78 is 35.8. The fourth-order valence-corrected chi connectivity index (χ4v) is 9.80. The number of nitrogens with zero attached hydrogens (tertiary/aromatic N) is 13. The van der Waals surface area contributed by atoms with Crippen molar-refractivity contribution in [2.45, 2.75) is 112 Å². The summed E-state index contributed by atoms with van der Waals surface area (Å²) in [6.07, 6.45) is 5.81. The van der Waals surface area contributed by atoms with Gasteiger partial charge in [0.25, 0.3) is 11.4 Å². The number of rotatable bonds is 20. The number of H-pyrrole nitrogens is 1. The zero-order valence-corrected chi connectivity index (χ0v) is 58.2. The molecule has 0 fully saturated rings. The first-order valence-corrected chi connectivity index (χ1v) is 30.9. The minimum Gasteiger partial charge on any atom is -0.494 e. The molecule has 0 saturated carbocycles. The number of nitro groups is 2. The number of benzene rings is 4. The van der Waals surface area contributed by atoms with E-state index in [1.165, 1.54) is 60.7 Å². The van der Waals surface area contributed by atoms with Crippen molar-refractivity contribution in [2.75, 3.05) is 88.2 Å². The maximum Gasteiger partial charge on any atom is 0.422 e. The molecule has 1 N–H and O–H groups in total. The van der Waals surface area contributed by atoms with E-state index in [9.17, 15) is 39.4 Å². The number of amides is 4. The summed E-state index contributed by atoms with van der Waals surface area (Å²) >= 11 is 0. The molecule has 0 atom stereocenters. The molecule has 28 heteroatoms. The number of allylic oxidation sites excluding steroid dienone is 1. The molecule has 0 unspecified atom stereocenters. The molecule has 0 aliphatic carbocycles. The van der Waals surface area contributed by atoms with Gasteiger partial charge in [-0.05, 0) is 107 Å². The van der Waals surface area contributed by atoms with E-state index in [1.807, 2.05) is 65.5 Å². The monoisotopic (exact) mass is 1330 g/mol. The Morgan fingerprint density at radius 2 is 0.948 bits per heavy atom. The molecular formula is C69H86N14O14. The number of hydrogen-bond donors (Lipinski definition) is 1. The number of aromatic amines is 1. The van der Waals surface area contributed by atoms with Crippen LogP contribution < -0.4 is 29.1 Å². The topological polar surface area (TPSA) is 302 Å². The van der Waals surface area contributed by atoms with E-state index in [1.54, 1.807) is 139 Å². The van der Waals surface area contributed by atoms with Gasteiger partial charge in [0.15, 0.2) is 0 Å². The van der Waals surface area contributed by atoms with E-state index in [4.69, 9.17) is 38.4 Å². The lowest BCUT2D eigenvalue weighted by Gasteiger charge is -2.29. The molecular weight excluding hydrogens is 1250 g/mol. The fraction of sp³-hybridized carbons (Fsp3) is 0.391. The van der Waals surface area contributed by atoms with Gasteiger partial charge in [0.2, 0.25) is 11.9 Å². The number of nitro benzene ring substituents is 2. The van der Waals surface area contributed by atoms with Crippen LogP contribution in [-0.4, -0.2) is 164 Å². The van der Waals surface area contributed by atoms with Gasteiger partial charge in [-0.15, -0.1) is 6.58 Å². The Bertz CT molecular complexity index is 4200. The van der Waals surface area contributed by atoms with E-state index in [0.717, 1.165) is 42.7 Å². The van der Waals surface area contributed by atoms with Crippen molar-refractivity contribution in [2.24, 2.45) is 0 Å². The molecule has 0 aliphatic heterocycles. The van der Waals surface area contributed by atoms with Gasteiger partial charge in [-0.3, -0.25) is 20.2 Å². The number of carbonyl (C=O) groups is 4. The first-order valence-electron chi connectivity index (χ1n) is 30.9. The van der Waals surface area contributed by atoms with Crippen LogP contribution in [0.3, 0.4) is 0 Å². The van der Waals surface area contributed by atoms with E-state index >= 15 is 0 Å². The van der Waals surface area contributed by atoms with E-state index in [0.29, 0.717) is 17.9 Å². The molecule has 97 heavy (non-hydrogen) atoms. The van der Waals surface area contributed by atoms with Crippen molar-refractivity contribution in [3.05, 3.63) is 143 Å². The molecule has 4 heterocycles. The second kappa shape index (κ2) is 30.1. The standard InChI is InChI=1S/C36H45N7O7.C33H41N7O7/c1-11-18-41-23-25(24-14-12-13-15-27(24)41)26-16-17-37-32(38-26)42(34(45)50-36(5,6)7)30-21-29(43(46)47)28(22-31(30)48-10)39(8)19-20-40(9)33(44)49-35(2,3)4;1-32(2,3)46-30(41)38(8)17-16-37(7)25-19-28(45-9)27(18-26(25)40(43)44)39(31(42)47-33(4,5)6)29-34-15-14-24(36-29)22-20-35-23-13-11-10-12-21(22)23/h11-17,21-23H,1,18-20H2,2-10H3;10-15,18-20,35H,16-17H2,1-9H3.